The zero-order chi connectivity index (χ0) is 17.2. The molecule has 1 rings (SSSR count). The number of non-ortho nitro benzene ring substituents is 1. The number of hydrogen-bond acceptors (Lipinski definition) is 4. The molecule has 0 aliphatic rings. The Balaban J connectivity index is 2.41. The van der Waals surface area contributed by atoms with Crippen molar-refractivity contribution in [2.45, 2.75) is 52.4 Å². The van der Waals surface area contributed by atoms with Gasteiger partial charge >= 0.3 is 0 Å². The average molecular weight is 337 g/mol. The summed E-state index contributed by atoms with van der Waals surface area (Å²) in [5, 5.41) is 16.4. The molecule has 0 spiro atoms. The van der Waals surface area contributed by atoms with Crippen molar-refractivity contribution in [3.8, 4) is 0 Å². The fraction of sp³-hybridized carbons (Fsp3) is 0.500. The Morgan fingerprint density at radius 1 is 1.26 bits per heavy atom. The molecular formula is C16H23N3O3S. The number of hydrogen-bond donors (Lipinski definition) is 2. The number of rotatable bonds is 8. The number of aryl methyl sites for hydroxylation is 1. The number of amides is 1. The van der Waals surface area contributed by atoms with Crippen LogP contribution in [0.25, 0.3) is 0 Å². The maximum absolute atomic E-state index is 11.8. The molecule has 0 fully saturated rings. The van der Waals surface area contributed by atoms with Crippen molar-refractivity contribution in [1.82, 2.24) is 5.32 Å². The second-order valence-corrected chi connectivity index (χ2v) is 5.83. The zero-order valence-electron chi connectivity index (χ0n) is 13.6. The van der Waals surface area contributed by atoms with E-state index in [2.05, 4.69) is 17.6 Å². The largest absolute Gasteiger partial charge is 0.332 e. The van der Waals surface area contributed by atoms with Gasteiger partial charge in [-0.2, -0.15) is 0 Å². The Hall–Kier alpha value is -2.02. The summed E-state index contributed by atoms with van der Waals surface area (Å²) >= 11 is 5.10. The van der Waals surface area contributed by atoms with Crippen molar-refractivity contribution in [3.05, 3.63) is 33.9 Å². The summed E-state index contributed by atoms with van der Waals surface area (Å²) in [5.41, 5.74) is 1.36. The normalized spacial score (nSPS) is 10.2. The van der Waals surface area contributed by atoms with E-state index in [0.717, 1.165) is 19.3 Å². The highest BCUT2D eigenvalue weighted by Gasteiger charge is 2.10. The molecule has 1 amide bonds. The van der Waals surface area contributed by atoms with E-state index >= 15 is 0 Å². The number of benzene rings is 1. The molecule has 0 aliphatic carbocycles. The Kier molecular flexibility index (Phi) is 8.18. The van der Waals surface area contributed by atoms with Crippen LogP contribution >= 0.6 is 12.2 Å². The number of thiocarbonyl (C=S) groups is 1. The molecule has 0 saturated heterocycles. The predicted octanol–water partition coefficient (Wildman–Crippen LogP) is 4.08. The van der Waals surface area contributed by atoms with E-state index in [1.54, 1.807) is 13.0 Å². The molecule has 7 heteroatoms. The van der Waals surface area contributed by atoms with E-state index in [9.17, 15) is 14.9 Å². The van der Waals surface area contributed by atoms with Gasteiger partial charge in [-0.3, -0.25) is 14.9 Å². The van der Waals surface area contributed by atoms with E-state index in [0.29, 0.717) is 17.7 Å². The number of unbranched alkanes of at least 4 members (excludes halogenated alkanes) is 4. The van der Waals surface area contributed by atoms with Gasteiger partial charge in [0.1, 0.15) is 0 Å². The second kappa shape index (κ2) is 9.89. The van der Waals surface area contributed by atoms with E-state index in [4.69, 9.17) is 12.2 Å². The average Bonchev–Trinajstić information content (AvgIpc) is 2.48. The van der Waals surface area contributed by atoms with Crippen molar-refractivity contribution < 1.29 is 9.72 Å². The molecule has 0 bridgehead atoms. The summed E-state index contributed by atoms with van der Waals surface area (Å²) in [5.74, 6) is -0.112. The van der Waals surface area contributed by atoms with Gasteiger partial charge in [-0.15, -0.1) is 0 Å². The van der Waals surface area contributed by atoms with Gasteiger partial charge in [-0.05, 0) is 37.2 Å². The summed E-state index contributed by atoms with van der Waals surface area (Å²) in [6.07, 6.45) is 5.86. The summed E-state index contributed by atoms with van der Waals surface area (Å²) in [6, 6.07) is 4.44. The molecule has 1 aromatic rings. The van der Waals surface area contributed by atoms with Crippen molar-refractivity contribution >= 4 is 34.6 Å². The van der Waals surface area contributed by atoms with E-state index in [-0.39, 0.29) is 16.7 Å². The standard InChI is InChI=1S/C16H23N3O3S/c1-3-4-5-6-7-8-15(20)18-16(23)17-14-10-9-13(19(21)22)11-12(14)2/h9-11H,3-8H2,1-2H3,(H2,17,18,20,23). The smallest absolute Gasteiger partial charge is 0.269 e. The van der Waals surface area contributed by atoms with Crippen LogP contribution in [0.1, 0.15) is 51.0 Å². The highest BCUT2D eigenvalue weighted by atomic mass is 32.1. The third-order valence-electron chi connectivity index (χ3n) is 3.43. The van der Waals surface area contributed by atoms with Crippen molar-refractivity contribution in [1.29, 1.82) is 0 Å². The Bertz CT molecular complexity index is 576. The van der Waals surface area contributed by atoms with Gasteiger partial charge in [-0.25, -0.2) is 0 Å². The lowest BCUT2D eigenvalue weighted by atomic mass is 10.1. The first-order valence-electron chi connectivity index (χ1n) is 7.80. The third-order valence-corrected chi connectivity index (χ3v) is 3.63. The quantitative estimate of drug-likeness (QED) is 0.323. The lowest BCUT2D eigenvalue weighted by Gasteiger charge is -2.11. The van der Waals surface area contributed by atoms with E-state index < -0.39 is 4.92 Å². The van der Waals surface area contributed by atoms with Crippen LogP contribution in [-0.2, 0) is 4.79 Å². The van der Waals surface area contributed by atoms with Crippen LogP contribution in [-0.4, -0.2) is 15.9 Å². The molecule has 0 heterocycles. The molecule has 2 N–H and O–H groups in total. The molecule has 1 aromatic carbocycles. The molecular weight excluding hydrogens is 314 g/mol. The summed E-state index contributed by atoms with van der Waals surface area (Å²) in [4.78, 5) is 22.0. The summed E-state index contributed by atoms with van der Waals surface area (Å²) < 4.78 is 0. The molecule has 0 saturated carbocycles. The van der Waals surface area contributed by atoms with Crippen LogP contribution in [0.3, 0.4) is 0 Å². The van der Waals surface area contributed by atoms with Crippen LogP contribution in [0.4, 0.5) is 11.4 Å². The Morgan fingerprint density at radius 3 is 2.57 bits per heavy atom. The summed E-state index contributed by atoms with van der Waals surface area (Å²) in [7, 11) is 0. The number of nitrogens with one attached hydrogen (secondary N) is 2. The van der Waals surface area contributed by atoms with Gasteiger partial charge in [0, 0.05) is 24.2 Å². The Labute approximate surface area is 141 Å². The molecule has 0 atom stereocenters. The van der Waals surface area contributed by atoms with Crippen LogP contribution < -0.4 is 10.6 Å². The van der Waals surface area contributed by atoms with Gasteiger partial charge in [0.15, 0.2) is 5.11 Å². The lowest BCUT2D eigenvalue weighted by molar-refractivity contribution is -0.384. The fourth-order valence-electron chi connectivity index (χ4n) is 2.13. The molecule has 0 radical (unpaired) electrons. The SMILES string of the molecule is CCCCCCCC(=O)NC(=S)Nc1ccc([N+](=O)[O-])cc1C. The van der Waals surface area contributed by atoms with Crippen molar-refractivity contribution in [2.75, 3.05) is 5.32 Å². The monoisotopic (exact) mass is 337 g/mol. The molecule has 0 aromatic heterocycles. The molecule has 0 aliphatic heterocycles. The van der Waals surface area contributed by atoms with E-state index in [1.165, 1.54) is 25.0 Å². The third kappa shape index (κ3) is 7.19. The number of carbonyl (C=O) groups is 1. The van der Waals surface area contributed by atoms with Crippen LogP contribution in [0.5, 0.6) is 0 Å². The topological polar surface area (TPSA) is 84.3 Å². The number of nitrogens with zero attached hydrogens (tertiary/aromatic N) is 1. The van der Waals surface area contributed by atoms with Crippen LogP contribution in [0.15, 0.2) is 18.2 Å². The number of nitro groups is 1. The minimum atomic E-state index is -0.449. The number of nitro benzene ring substituents is 1. The first kappa shape index (κ1) is 19.0. The molecule has 0 unspecified atom stereocenters. The minimum absolute atomic E-state index is 0.0232. The first-order chi connectivity index (χ1) is 10.9. The highest BCUT2D eigenvalue weighted by molar-refractivity contribution is 7.80. The predicted molar refractivity (Wildman–Crippen MR) is 95.6 cm³/mol. The number of carbonyl (C=O) groups excluding carboxylic acids is 1. The van der Waals surface area contributed by atoms with Gasteiger partial charge in [-0.1, -0.05) is 32.6 Å². The van der Waals surface area contributed by atoms with Crippen molar-refractivity contribution in [3.63, 3.8) is 0 Å². The highest BCUT2D eigenvalue weighted by Crippen LogP contribution is 2.21. The van der Waals surface area contributed by atoms with Crippen LogP contribution in [0, 0.1) is 17.0 Å². The molecule has 6 nitrogen and oxygen atoms in total. The van der Waals surface area contributed by atoms with Gasteiger partial charge in [0.05, 0.1) is 4.92 Å². The lowest BCUT2D eigenvalue weighted by Crippen LogP contribution is -2.34. The fourth-order valence-corrected chi connectivity index (χ4v) is 2.36. The maximum Gasteiger partial charge on any atom is 0.269 e. The van der Waals surface area contributed by atoms with Crippen molar-refractivity contribution in [2.24, 2.45) is 0 Å². The maximum atomic E-state index is 11.8. The van der Waals surface area contributed by atoms with Gasteiger partial charge < -0.3 is 10.6 Å². The van der Waals surface area contributed by atoms with E-state index in [1.807, 2.05) is 0 Å². The van der Waals surface area contributed by atoms with Gasteiger partial charge in [0.25, 0.3) is 5.69 Å². The van der Waals surface area contributed by atoms with Gasteiger partial charge in [0.2, 0.25) is 5.91 Å². The first-order valence-corrected chi connectivity index (χ1v) is 8.20. The number of anilines is 1. The minimum Gasteiger partial charge on any atom is -0.332 e. The van der Waals surface area contributed by atoms with Crippen LogP contribution in [0.2, 0.25) is 0 Å². The second-order valence-electron chi connectivity index (χ2n) is 5.42. The molecule has 126 valence electrons. The summed E-state index contributed by atoms with van der Waals surface area (Å²) in [6.45, 7) is 3.89. The Morgan fingerprint density at radius 2 is 1.96 bits per heavy atom. The zero-order valence-corrected chi connectivity index (χ0v) is 14.4. The molecule has 23 heavy (non-hydrogen) atoms.